The SMILES string of the molecule is COc1ccc(NC(=O)[C@@H](NC(=O)N2CCc3cc(OC)c(OC)cc3C2)C(C)C)cc1OC. The van der Waals surface area contributed by atoms with Gasteiger partial charge in [-0.15, -0.1) is 0 Å². The van der Waals surface area contributed by atoms with E-state index in [4.69, 9.17) is 18.9 Å². The molecule has 34 heavy (non-hydrogen) atoms. The highest BCUT2D eigenvalue weighted by molar-refractivity contribution is 5.97. The lowest BCUT2D eigenvalue weighted by atomic mass is 9.99. The van der Waals surface area contributed by atoms with E-state index in [1.807, 2.05) is 26.0 Å². The molecule has 0 saturated heterocycles. The van der Waals surface area contributed by atoms with Crippen molar-refractivity contribution in [1.29, 1.82) is 0 Å². The van der Waals surface area contributed by atoms with Gasteiger partial charge in [0.15, 0.2) is 23.0 Å². The van der Waals surface area contributed by atoms with Crippen molar-refractivity contribution in [2.24, 2.45) is 5.92 Å². The van der Waals surface area contributed by atoms with Gasteiger partial charge in [0.25, 0.3) is 0 Å². The third kappa shape index (κ3) is 5.47. The molecule has 1 aliphatic rings. The molecule has 1 atom stereocenters. The zero-order valence-electron chi connectivity index (χ0n) is 20.6. The number of hydrogen-bond donors (Lipinski definition) is 2. The van der Waals surface area contributed by atoms with Crippen molar-refractivity contribution in [2.75, 3.05) is 40.3 Å². The van der Waals surface area contributed by atoms with E-state index in [9.17, 15) is 9.59 Å². The number of anilines is 1. The van der Waals surface area contributed by atoms with Gasteiger partial charge < -0.3 is 34.5 Å². The van der Waals surface area contributed by atoms with Crippen molar-refractivity contribution in [1.82, 2.24) is 10.2 Å². The number of carbonyl (C=O) groups is 2. The van der Waals surface area contributed by atoms with E-state index < -0.39 is 6.04 Å². The number of ether oxygens (including phenoxy) is 4. The van der Waals surface area contributed by atoms with Crippen molar-refractivity contribution in [3.63, 3.8) is 0 Å². The first kappa shape index (κ1) is 25.0. The molecule has 0 aromatic heterocycles. The molecule has 184 valence electrons. The van der Waals surface area contributed by atoms with Crippen LogP contribution in [0.1, 0.15) is 25.0 Å². The van der Waals surface area contributed by atoms with Crippen LogP contribution in [-0.2, 0) is 17.8 Å². The lowest BCUT2D eigenvalue weighted by Gasteiger charge is -2.32. The number of nitrogens with one attached hydrogen (secondary N) is 2. The Bertz CT molecular complexity index is 1040. The van der Waals surface area contributed by atoms with Crippen molar-refractivity contribution in [3.8, 4) is 23.0 Å². The average molecular weight is 472 g/mol. The summed E-state index contributed by atoms with van der Waals surface area (Å²) in [6, 6.07) is 7.97. The molecule has 0 radical (unpaired) electrons. The van der Waals surface area contributed by atoms with E-state index in [0.29, 0.717) is 48.2 Å². The molecule has 0 spiro atoms. The molecular weight excluding hydrogens is 438 g/mol. The maximum atomic E-state index is 13.1. The lowest BCUT2D eigenvalue weighted by molar-refractivity contribution is -0.118. The molecule has 9 nitrogen and oxygen atoms in total. The summed E-state index contributed by atoms with van der Waals surface area (Å²) in [5.74, 6) is 1.94. The maximum absolute atomic E-state index is 13.1. The monoisotopic (exact) mass is 471 g/mol. The molecule has 9 heteroatoms. The smallest absolute Gasteiger partial charge is 0.318 e. The van der Waals surface area contributed by atoms with Gasteiger partial charge in [0.2, 0.25) is 5.91 Å². The highest BCUT2D eigenvalue weighted by Crippen LogP contribution is 2.33. The molecule has 2 N–H and O–H groups in total. The number of hydrogen-bond acceptors (Lipinski definition) is 6. The van der Waals surface area contributed by atoms with Crippen LogP contribution in [0.2, 0.25) is 0 Å². The Labute approximate surface area is 200 Å². The molecule has 3 rings (SSSR count). The van der Waals surface area contributed by atoms with Crippen LogP contribution >= 0.6 is 0 Å². The van der Waals surface area contributed by atoms with Crippen molar-refractivity contribution < 1.29 is 28.5 Å². The van der Waals surface area contributed by atoms with Gasteiger partial charge in [-0.3, -0.25) is 4.79 Å². The Morgan fingerprint density at radius 2 is 1.44 bits per heavy atom. The van der Waals surface area contributed by atoms with Crippen LogP contribution in [-0.4, -0.2) is 57.9 Å². The zero-order valence-corrected chi connectivity index (χ0v) is 20.6. The summed E-state index contributed by atoms with van der Waals surface area (Å²) in [5, 5.41) is 5.77. The molecule has 1 heterocycles. The molecule has 1 aliphatic heterocycles. The number of rotatable bonds is 8. The number of urea groups is 1. The predicted octanol–water partition coefficient (Wildman–Crippen LogP) is 3.45. The first-order valence-electron chi connectivity index (χ1n) is 11.1. The maximum Gasteiger partial charge on any atom is 0.318 e. The van der Waals surface area contributed by atoms with Crippen LogP contribution in [0, 0.1) is 5.92 Å². The number of benzene rings is 2. The van der Waals surface area contributed by atoms with Gasteiger partial charge in [0.1, 0.15) is 6.04 Å². The topological polar surface area (TPSA) is 98.4 Å². The summed E-state index contributed by atoms with van der Waals surface area (Å²) < 4.78 is 21.3. The molecule has 2 aromatic carbocycles. The molecule has 2 aromatic rings. The van der Waals surface area contributed by atoms with Gasteiger partial charge in [0, 0.05) is 24.8 Å². The van der Waals surface area contributed by atoms with Crippen LogP contribution in [0.3, 0.4) is 0 Å². The summed E-state index contributed by atoms with van der Waals surface area (Å²) in [7, 11) is 6.27. The Balaban J connectivity index is 1.70. The van der Waals surface area contributed by atoms with Crippen LogP contribution in [0.15, 0.2) is 30.3 Å². The van der Waals surface area contributed by atoms with Gasteiger partial charge in [-0.2, -0.15) is 0 Å². The fraction of sp³-hybridized carbons (Fsp3) is 0.440. The molecule has 0 fully saturated rings. The lowest BCUT2D eigenvalue weighted by Crippen LogP contribution is -2.52. The van der Waals surface area contributed by atoms with Crippen LogP contribution < -0.4 is 29.6 Å². The second-order valence-corrected chi connectivity index (χ2v) is 8.38. The van der Waals surface area contributed by atoms with Crippen LogP contribution in [0.5, 0.6) is 23.0 Å². The second kappa shape index (κ2) is 11.0. The van der Waals surface area contributed by atoms with Gasteiger partial charge >= 0.3 is 6.03 Å². The Morgan fingerprint density at radius 3 is 2.03 bits per heavy atom. The van der Waals surface area contributed by atoms with E-state index in [1.165, 1.54) is 7.11 Å². The summed E-state index contributed by atoms with van der Waals surface area (Å²) in [4.78, 5) is 27.8. The Kier molecular flexibility index (Phi) is 8.09. The molecule has 3 amide bonds. The Morgan fingerprint density at radius 1 is 0.853 bits per heavy atom. The molecule has 0 unspecified atom stereocenters. The van der Waals surface area contributed by atoms with Crippen molar-refractivity contribution in [3.05, 3.63) is 41.5 Å². The van der Waals surface area contributed by atoms with Gasteiger partial charge in [0.05, 0.1) is 28.4 Å². The number of fused-ring (bicyclic) bond motifs is 1. The van der Waals surface area contributed by atoms with Crippen molar-refractivity contribution in [2.45, 2.75) is 32.9 Å². The number of amides is 3. The fourth-order valence-electron chi connectivity index (χ4n) is 3.95. The molecule has 0 saturated carbocycles. The molecule has 0 bridgehead atoms. The van der Waals surface area contributed by atoms with Gasteiger partial charge in [-0.1, -0.05) is 13.8 Å². The van der Waals surface area contributed by atoms with Crippen LogP contribution in [0.4, 0.5) is 10.5 Å². The first-order valence-corrected chi connectivity index (χ1v) is 11.1. The third-order valence-electron chi connectivity index (χ3n) is 5.88. The van der Waals surface area contributed by atoms with Gasteiger partial charge in [-0.25, -0.2) is 4.79 Å². The van der Waals surface area contributed by atoms with E-state index >= 15 is 0 Å². The average Bonchev–Trinajstić information content (AvgIpc) is 2.85. The normalized spacial score (nSPS) is 13.6. The summed E-state index contributed by atoms with van der Waals surface area (Å²) >= 11 is 0. The minimum atomic E-state index is -0.715. The summed E-state index contributed by atoms with van der Waals surface area (Å²) in [6.45, 7) is 4.74. The highest BCUT2D eigenvalue weighted by Gasteiger charge is 2.29. The fourth-order valence-corrected chi connectivity index (χ4v) is 3.95. The van der Waals surface area contributed by atoms with Crippen LogP contribution in [0.25, 0.3) is 0 Å². The minimum Gasteiger partial charge on any atom is -0.493 e. The summed E-state index contributed by atoms with van der Waals surface area (Å²) in [6.07, 6.45) is 0.688. The second-order valence-electron chi connectivity index (χ2n) is 8.38. The predicted molar refractivity (Wildman–Crippen MR) is 129 cm³/mol. The first-order chi connectivity index (χ1) is 16.3. The number of carbonyl (C=O) groups excluding carboxylic acids is 2. The third-order valence-corrected chi connectivity index (χ3v) is 5.88. The minimum absolute atomic E-state index is 0.120. The zero-order chi connectivity index (χ0) is 24.8. The standard InChI is InChI=1S/C25H33N3O6/c1-15(2)23(24(29)26-18-7-8-19(31-3)22(13-18)34-6)27-25(30)28-10-9-16-11-20(32-4)21(33-5)12-17(16)14-28/h7-8,11-13,15,23H,9-10,14H2,1-6H3,(H,26,29)(H,27,30)/t23-/m0/s1. The highest BCUT2D eigenvalue weighted by atomic mass is 16.5. The van der Waals surface area contributed by atoms with Crippen molar-refractivity contribution >= 4 is 17.6 Å². The molecule has 0 aliphatic carbocycles. The quantitative estimate of drug-likeness (QED) is 0.612. The Hall–Kier alpha value is -3.62. The van der Waals surface area contributed by atoms with E-state index in [1.54, 1.807) is 44.4 Å². The summed E-state index contributed by atoms with van der Waals surface area (Å²) in [5.41, 5.74) is 2.67. The van der Waals surface area contributed by atoms with E-state index in [2.05, 4.69) is 10.6 Å². The number of methoxy groups -OCH3 is 4. The molecular formula is C25H33N3O6. The van der Waals surface area contributed by atoms with E-state index in [0.717, 1.165) is 11.1 Å². The largest absolute Gasteiger partial charge is 0.493 e. The van der Waals surface area contributed by atoms with E-state index in [-0.39, 0.29) is 17.9 Å². The number of nitrogens with zero attached hydrogens (tertiary/aromatic N) is 1. The van der Waals surface area contributed by atoms with Gasteiger partial charge in [-0.05, 0) is 47.7 Å².